The lowest BCUT2D eigenvalue weighted by molar-refractivity contribution is -0.124. The van der Waals surface area contributed by atoms with Crippen molar-refractivity contribution in [1.29, 1.82) is 0 Å². The van der Waals surface area contributed by atoms with Crippen LogP contribution in [-0.2, 0) is 4.79 Å². The largest absolute Gasteiger partial charge is 0.350 e. The maximum absolute atomic E-state index is 12.4. The highest BCUT2D eigenvalue weighted by Crippen LogP contribution is 2.34. The van der Waals surface area contributed by atoms with Crippen LogP contribution in [0.4, 0.5) is 0 Å². The van der Waals surface area contributed by atoms with Gasteiger partial charge in [-0.2, -0.15) is 0 Å². The number of rotatable bonds is 2. The molecule has 2 N–H and O–H groups in total. The van der Waals surface area contributed by atoms with Crippen LogP contribution in [0.25, 0.3) is 0 Å². The van der Waals surface area contributed by atoms with E-state index in [-0.39, 0.29) is 17.5 Å². The topological polar surface area (TPSA) is 41.1 Å². The fraction of sp³-hybridized carbons (Fsp3) is 0.933. The Labute approximate surface area is 110 Å². The second-order valence-corrected chi connectivity index (χ2v) is 6.86. The summed E-state index contributed by atoms with van der Waals surface area (Å²) in [6.07, 6.45) is 11.2. The van der Waals surface area contributed by atoms with Gasteiger partial charge in [-0.15, -0.1) is 0 Å². The first-order valence-corrected chi connectivity index (χ1v) is 7.74. The zero-order chi connectivity index (χ0) is 12.6. The van der Waals surface area contributed by atoms with Crippen molar-refractivity contribution in [2.24, 2.45) is 5.92 Å². The smallest absolute Gasteiger partial charge is 0.237 e. The van der Waals surface area contributed by atoms with Crippen molar-refractivity contribution in [3.8, 4) is 0 Å². The van der Waals surface area contributed by atoms with E-state index in [0.29, 0.717) is 6.04 Å². The van der Waals surface area contributed by atoms with Crippen LogP contribution in [0.5, 0.6) is 0 Å². The van der Waals surface area contributed by atoms with Crippen molar-refractivity contribution in [3.05, 3.63) is 0 Å². The molecule has 0 aromatic rings. The number of carbonyl (C=O) groups excluding carboxylic acids is 1. The van der Waals surface area contributed by atoms with E-state index in [1.807, 2.05) is 0 Å². The third-order valence-corrected chi connectivity index (χ3v) is 5.31. The molecule has 1 amide bonds. The van der Waals surface area contributed by atoms with Gasteiger partial charge in [0.15, 0.2) is 0 Å². The van der Waals surface area contributed by atoms with Crippen LogP contribution >= 0.6 is 0 Å². The Morgan fingerprint density at radius 2 is 1.89 bits per heavy atom. The van der Waals surface area contributed by atoms with Gasteiger partial charge in [0.05, 0.1) is 6.04 Å². The molecule has 0 spiro atoms. The molecule has 3 nitrogen and oxygen atoms in total. The number of fused-ring (bicyclic) bond motifs is 1. The lowest BCUT2D eigenvalue weighted by Crippen LogP contribution is -2.51. The van der Waals surface area contributed by atoms with Crippen LogP contribution in [-0.4, -0.2) is 23.5 Å². The average Bonchev–Trinajstić information content (AvgIpc) is 2.95. The molecule has 1 aliphatic heterocycles. The Hall–Kier alpha value is -0.570. The van der Waals surface area contributed by atoms with E-state index < -0.39 is 0 Å². The van der Waals surface area contributed by atoms with Crippen LogP contribution in [0.1, 0.15) is 64.7 Å². The molecule has 1 saturated heterocycles. The first-order chi connectivity index (χ1) is 8.66. The van der Waals surface area contributed by atoms with Crippen molar-refractivity contribution in [2.75, 3.05) is 0 Å². The van der Waals surface area contributed by atoms with Crippen LogP contribution < -0.4 is 10.6 Å². The molecule has 18 heavy (non-hydrogen) atoms. The normalized spacial score (nSPS) is 38.4. The average molecular weight is 250 g/mol. The van der Waals surface area contributed by atoms with Crippen molar-refractivity contribution in [3.63, 3.8) is 0 Å². The molecule has 102 valence electrons. The molecule has 3 heteroatoms. The summed E-state index contributed by atoms with van der Waals surface area (Å²) >= 11 is 0. The molecule has 0 bridgehead atoms. The van der Waals surface area contributed by atoms with E-state index in [9.17, 15) is 4.79 Å². The maximum Gasteiger partial charge on any atom is 0.237 e. The van der Waals surface area contributed by atoms with E-state index in [1.165, 1.54) is 38.5 Å². The minimum atomic E-state index is 0.0759. The van der Waals surface area contributed by atoms with Crippen LogP contribution in [0.2, 0.25) is 0 Å². The van der Waals surface area contributed by atoms with Gasteiger partial charge in [-0.25, -0.2) is 0 Å². The molecule has 3 fully saturated rings. The van der Waals surface area contributed by atoms with Crippen LogP contribution in [0, 0.1) is 5.92 Å². The van der Waals surface area contributed by atoms with Crippen molar-refractivity contribution < 1.29 is 4.79 Å². The number of hydrogen-bond donors (Lipinski definition) is 2. The summed E-state index contributed by atoms with van der Waals surface area (Å²) in [5, 5.41) is 6.88. The van der Waals surface area contributed by atoms with E-state index in [4.69, 9.17) is 0 Å². The summed E-state index contributed by atoms with van der Waals surface area (Å²) in [5.41, 5.74) is 0.0759. The number of carbonyl (C=O) groups is 1. The van der Waals surface area contributed by atoms with Crippen LogP contribution in [0.3, 0.4) is 0 Å². The third-order valence-electron chi connectivity index (χ3n) is 5.31. The SMILES string of the molecule is CC1(NC(=O)C2CC3CCCCC3N2)CCCC1. The summed E-state index contributed by atoms with van der Waals surface area (Å²) in [6.45, 7) is 2.21. The van der Waals surface area contributed by atoms with Gasteiger partial charge in [0.2, 0.25) is 5.91 Å². The Kier molecular flexibility index (Phi) is 3.35. The van der Waals surface area contributed by atoms with Crippen molar-refractivity contribution >= 4 is 5.91 Å². The third kappa shape index (κ3) is 2.42. The van der Waals surface area contributed by atoms with Gasteiger partial charge < -0.3 is 10.6 Å². The second kappa shape index (κ2) is 4.84. The molecule has 0 radical (unpaired) electrons. The lowest BCUT2D eigenvalue weighted by atomic mass is 9.85. The minimum Gasteiger partial charge on any atom is -0.350 e. The maximum atomic E-state index is 12.4. The van der Waals surface area contributed by atoms with E-state index >= 15 is 0 Å². The van der Waals surface area contributed by atoms with Gasteiger partial charge in [-0.05, 0) is 44.9 Å². The molecular formula is C15H26N2O. The Morgan fingerprint density at radius 3 is 2.61 bits per heavy atom. The lowest BCUT2D eigenvalue weighted by Gasteiger charge is -2.27. The molecule has 3 atom stereocenters. The summed E-state index contributed by atoms with van der Waals surface area (Å²) < 4.78 is 0. The van der Waals surface area contributed by atoms with Crippen molar-refractivity contribution in [2.45, 2.75) is 82.3 Å². The standard InChI is InChI=1S/C15H26N2O/c1-15(8-4-5-9-15)17-14(18)13-10-11-6-2-3-7-12(11)16-13/h11-13,16H,2-10H2,1H3,(H,17,18). The molecular weight excluding hydrogens is 224 g/mol. The number of hydrogen-bond acceptors (Lipinski definition) is 2. The Morgan fingerprint density at radius 1 is 1.17 bits per heavy atom. The fourth-order valence-electron chi connectivity index (χ4n) is 4.19. The van der Waals surface area contributed by atoms with Gasteiger partial charge in [-0.1, -0.05) is 25.7 Å². The van der Waals surface area contributed by atoms with Gasteiger partial charge in [0.1, 0.15) is 0 Å². The molecule has 0 aromatic heterocycles. The van der Waals surface area contributed by atoms with Gasteiger partial charge in [0, 0.05) is 11.6 Å². The number of nitrogens with one attached hydrogen (secondary N) is 2. The van der Waals surface area contributed by atoms with Gasteiger partial charge >= 0.3 is 0 Å². The van der Waals surface area contributed by atoms with E-state index in [0.717, 1.165) is 25.2 Å². The molecule has 3 aliphatic rings. The molecule has 1 heterocycles. The van der Waals surface area contributed by atoms with E-state index in [1.54, 1.807) is 0 Å². The highest BCUT2D eigenvalue weighted by atomic mass is 16.2. The Balaban J connectivity index is 1.57. The van der Waals surface area contributed by atoms with Gasteiger partial charge in [-0.3, -0.25) is 4.79 Å². The predicted molar refractivity (Wildman–Crippen MR) is 72.3 cm³/mol. The molecule has 3 rings (SSSR count). The summed E-state index contributed by atoms with van der Waals surface area (Å²) in [6, 6.07) is 0.696. The zero-order valence-electron chi connectivity index (χ0n) is 11.5. The Bertz CT molecular complexity index is 308. The summed E-state index contributed by atoms with van der Waals surface area (Å²) in [5.74, 6) is 1.01. The quantitative estimate of drug-likeness (QED) is 0.790. The number of amides is 1. The van der Waals surface area contributed by atoms with Crippen molar-refractivity contribution in [1.82, 2.24) is 10.6 Å². The highest BCUT2D eigenvalue weighted by molar-refractivity contribution is 5.83. The zero-order valence-corrected chi connectivity index (χ0v) is 11.5. The van der Waals surface area contributed by atoms with Crippen LogP contribution in [0.15, 0.2) is 0 Å². The fourth-order valence-corrected chi connectivity index (χ4v) is 4.19. The van der Waals surface area contributed by atoms with E-state index in [2.05, 4.69) is 17.6 Å². The molecule has 0 aromatic carbocycles. The van der Waals surface area contributed by atoms with Gasteiger partial charge in [0.25, 0.3) is 0 Å². The second-order valence-electron chi connectivity index (χ2n) is 6.86. The molecule has 3 unspecified atom stereocenters. The molecule has 2 aliphatic carbocycles. The summed E-state index contributed by atoms with van der Waals surface area (Å²) in [7, 11) is 0. The molecule has 2 saturated carbocycles. The highest BCUT2D eigenvalue weighted by Gasteiger charge is 2.40. The first-order valence-electron chi connectivity index (χ1n) is 7.74. The monoisotopic (exact) mass is 250 g/mol. The summed E-state index contributed by atoms with van der Waals surface area (Å²) in [4.78, 5) is 12.4. The minimum absolute atomic E-state index is 0.0759. The predicted octanol–water partition coefficient (Wildman–Crippen LogP) is 2.36. The first kappa shape index (κ1) is 12.5.